The van der Waals surface area contributed by atoms with Gasteiger partial charge in [-0.05, 0) is 36.4 Å². The lowest BCUT2D eigenvalue weighted by atomic mass is 10.1. The summed E-state index contributed by atoms with van der Waals surface area (Å²) in [5, 5.41) is 12.1. The van der Waals surface area contributed by atoms with E-state index in [1.807, 2.05) is 0 Å². The second kappa shape index (κ2) is 8.93. The van der Waals surface area contributed by atoms with Crippen LogP contribution in [0.1, 0.15) is 20.8 Å². The van der Waals surface area contributed by atoms with Gasteiger partial charge in [0.05, 0.1) is 23.3 Å². The number of benzene rings is 2. The number of nitrogens with two attached hydrogens (primary N) is 1. The van der Waals surface area contributed by atoms with E-state index >= 15 is 0 Å². The van der Waals surface area contributed by atoms with E-state index in [9.17, 15) is 9.59 Å². The monoisotopic (exact) mass is 460 g/mol. The zero-order chi connectivity index (χ0) is 22.0. The van der Waals surface area contributed by atoms with E-state index < -0.39 is 5.91 Å². The Morgan fingerprint density at radius 3 is 2.26 bits per heavy atom. The first-order valence-corrected chi connectivity index (χ1v) is 10.2. The third kappa shape index (κ3) is 4.48. The maximum atomic E-state index is 12.6. The molecule has 3 N–H and O–H groups in total. The summed E-state index contributed by atoms with van der Waals surface area (Å²) in [6, 6.07) is 11.8. The predicted octanol–water partition coefficient (Wildman–Crippen LogP) is 2.89. The van der Waals surface area contributed by atoms with Crippen LogP contribution in [0.3, 0.4) is 0 Å². The molecule has 31 heavy (non-hydrogen) atoms. The molecule has 2 aromatic carbocycles. The molecule has 3 aromatic rings. The first kappa shape index (κ1) is 21.1. The molecule has 0 unspecified atom stereocenters. The van der Waals surface area contributed by atoms with E-state index in [-0.39, 0.29) is 17.4 Å². The van der Waals surface area contributed by atoms with Crippen LogP contribution in [-0.2, 0) is 4.74 Å². The number of hydrogen-bond donors (Lipinski definition) is 2. The fraction of sp³-hybridized carbons (Fsp3) is 0.200. The van der Waals surface area contributed by atoms with Crippen molar-refractivity contribution in [3.8, 4) is 5.69 Å². The highest BCUT2D eigenvalue weighted by Crippen LogP contribution is 2.29. The average molecular weight is 461 g/mol. The van der Waals surface area contributed by atoms with Gasteiger partial charge in [-0.1, -0.05) is 29.3 Å². The van der Waals surface area contributed by atoms with Crippen LogP contribution in [0.2, 0.25) is 10.0 Å². The molecular formula is C20H18Cl2N6O3. The number of primary amides is 1. The van der Waals surface area contributed by atoms with Crippen molar-refractivity contribution >= 4 is 46.5 Å². The highest BCUT2D eigenvalue weighted by Gasteiger charge is 2.21. The third-order valence-electron chi connectivity index (χ3n) is 4.68. The second-order valence-electron chi connectivity index (χ2n) is 6.73. The summed E-state index contributed by atoms with van der Waals surface area (Å²) in [6.07, 6.45) is 0. The number of hydrogen-bond acceptors (Lipinski definition) is 6. The second-order valence-corrected chi connectivity index (χ2v) is 7.54. The van der Waals surface area contributed by atoms with Crippen LogP contribution in [0.4, 0.5) is 11.5 Å². The molecule has 9 nitrogen and oxygen atoms in total. The molecular weight excluding hydrogens is 443 g/mol. The first-order chi connectivity index (χ1) is 14.9. The lowest BCUT2D eigenvalue weighted by Crippen LogP contribution is -2.40. The number of rotatable bonds is 5. The average Bonchev–Trinajstić information content (AvgIpc) is 3.18. The van der Waals surface area contributed by atoms with E-state index in [4.69, 9.17) is 33.7 Å². The van der Waals surface area contributed by atoms with Crippen molar-refractivity contribution in [3.05, 3.63) is 63.8 Å². The number of amides is 2. The van der Waals surface area contributed by atoms with Crippen molar-refractivity contribution in [3.63, 3.8) is 0 Å². The Morgan fingerprint density at radius 2 is 1.65 bits per heavy atom. The van der Waals surface area contributed by atoms with Gasteiger partial charge in [0.25, 0.3) is 11.8 Å². The Labute approximate surface area is 187 Å². The molecule has 1 saturated heterocycles. The van der Waals surface area contributed by atoms with Gasteiger partial charge >= 0.3 is 0 Å². The van der Waals surface area contributed by atoms with Gasteiger partial charge in [-0.3, -0.25) is 9.59 Å². The number of anilines is 2. The van der Waals surface area contributed by atoms with E-state index in [2.05, 4.69) is 15.5 Å². The molecule has 0 aliphatic carbocycles. The molecule has 0 atom stereocenters. The molecule has 0 spiro atoms. The van der Waals surface area contributed by atoms with Gasteiger partial charge in [-0.15, -0.1) is 15.0 Å². The molecule has 0 saturated carbocycles. The predicted molar refractivity (Wildman–Crippen MR) is 116 cm³/mol. The van der Waals surface area contributed by atoms with Gasteiger partial charge in [-0.25, -0.2) is 0 Å². The van der Waals surface area contributed by atoms with Crippen molar-refractivity contribution in [2.45, 2.75) is 0 Å². The van der Waals surface area contributed by atoms with Crippen LogP contribution in [0.25, 0.3) is 5.69 Å². The molecule has 160 valence electrons. The summed E-state index contributed by atoms with van der Waals surface area (Å²) in [5.74, 6) is -0.696. The molecule has 1 aromatic heterocycles. The molecule has 0 bridgehead atoms. The zero-order valence-electron chi connectivity index (χ0n) is 16.2. The minimum absolute atomic E-state index is 0.0630. The minimum Gasteiger partial charge on any atom is -0.378 e. The van der Waals surface area contributed by atoms with Gasteiger partial charge < -0.3 is 20.7 Å². The van der Waals surface area contributed by atoms with Gasteiger partial charge in [0.15, 0.2) is 11.5 Å². The lowest BCUT2D eigenvalue weighted by Gasteiger charge is -2.26. The number of nitrogens with one attached hydrogen (secondary N) is 1. The largest absolute Gasteiger partial charge is 0.378 e. The van der Waals surface area contributed by atoms with E-state index in [1.54, 1.807) is 47.4 Å². The Hall–Kier alpha value is -3.14. The summed E-state index contributed by atoms with van der Waals surface area (Å²) < 4.78 is 5.28. The van der Waals surface area contributed by atoms with E-state index in [1.165, 1.54) is 0 Å². The maximum absolute atomic E-state index is 12.6. The Morgan fingerprint density at radius 1 is 1.00 bits per heavy atom. The topological polar surface area (TPSA) is 115 Å². The Bertz CT molecular complexity index is 1110. The van der Waals surface area contributed by atoms with Crippen molar-refractivity contribution in [1.82, 2.24) is 19.9 Å². The molecule has 2 amide bonds. The van der Waals surface area contributed by atoms with Crippen molar-refractivity contribution in [2.24, 2.45) is 5.73 Å². The van der Waals surface area contributed by atoms with Crippen LogP contribution < -0.4 is 11.1 Å². The Balaban J connectivity index is 1.58. The number of aromatic nitrogens is 3. The number of carbonyl (C=O) groups is 2. The molecule has 1 aliphatic heterocycles. The van der Waals surface area contributed by atoms with Crippen molar-refractivity contribution < 1.29 is 14.3 Å². The zero-order valence-corrected chi connectivity index (χ0v) is 17.7. The van der Waals surface area contributed by atoms with Crippen LogP contribution in [-0.4, -0.2) is 58.0 Å². The van der Waals surface area contributed by atoms with Crippen molar-refractivity contribution in [2.75, 3.05) is 31.6 Å². The quantitative estimate of drug-likeness (QED) is 0.604. The standard InChI is InChI=1S/C20H18Cl2N6O3/c21-14-2-1-3-15(22)17(14)28-25-16(18(23)29)19(26-28)24-13-6-4-12(5-7-13)20(30)27-8-10-31-11-9-27/h1-7H,8-11H2,(H2,23,29)(H,24,26). The number of ether oxygens (including phenoxy) is 1. The molecule has 1 fully saturated rings. The SMILES string of the molecule is NC(=O)c1nn(-c2c(Cl)cccc2Cl)nc1Nc1ccc(C(=O)N2CCOCC2)cc1. The number of nitrogens with zero attached hydrogens (tertiary/aromatic N) is 4. The summed E-state index contributed by atoms with van der Waals surface area (Å²) in [4.78, 5) is 27.4. The van der Waals surface area contributed by atoms with Crippen LogP contribution in [0.15, 0.2) is 42.5 Å². The van der Waals surface area contributed by atoms with E-state index in [0.29, 0.717) is 53.3 Å². The van der Waals surface area contributed by atoms with Gasteiger partial charge in [0.2, 0.25) is 0 Å². The Kier molecular flexibility index (Phi) is 6.08. The minimum atomic E-state index is -0.768. The molecule has 1 aliphatic rings. The summed E-state index contributed by atoms with van der Waals surface area (Å²) in [7, 11) is 0. The van der Waals surface area contributed by atoms with E-state index in [0.717, 1.165) is 4.80 Å². The number of para-hydroxylation sites is 1. The number of carbonyl (C=O) groups excluding carboxylic acids is 2. The summed E-state index contributed by atoms with van der Waals surface area (Å²) in [5.41, 5.74) is 6.85. The lowest BCUT2D eigenvalue weighted by molar-refractivity contribution is 0.0303. The van der Waals surface area contributed by atoms with Crippen LogP contribution in [0, 0.1) is 0 Å². The smallest absolute Gasteiger partial charge is 0.273 e. The third-order valence-corrected chi connectivity index (χ3v) is 5.29. The molecule has 0 radical (unpaired) electrons. The van der Waals surface area contributed by atoms with Gasteiger partial charge in [0.1, 0.15) is 5.69 Å². The highest BCUT2D eigenvalue weighted by molar-refractivity contribution is 6.37. The van der Waals surface area contributed by atoms with Crippen molar-refractivity contribution in [1.29, 1.82) is 0 Å². The molecule has 4 rings (SSSR count). The fourth-order valence-corrected chi connectivity index (χ4v) is 3.67. The van der Waals surface area contributed by atoms with Gasteiger partial charge in [0, 0.05) is 24.3 Å². The van der Waals surface area contributed by atoms with Crippen LogP contribution >= 0.6 is 23.2 Å². The maximum Gasteiger partial charge on any atom is 0.273 e. The van der Waals surface area contributed by atoms with Gasteiger partial charge in [-0.2, -0.15) is 0 Å². The summed E-state index contributed by atoms with van der Waals surface area (Å²) >= 11 is 12.4. The molecule has 11 heteroatoms. The number of halogens is 2. The fourth-order valence-electron chi connectivity index (χ4n) is 3.12. The first-order valence-electron chi connectivity index (χ1n) is 9.39. The normalized spacial score (nSPS) is 13.8. The molecule has 2 heterocycles. The highest BCUT2D eigenvalue weighted by atomic mass is 35.5. The van der Waals surface area contributed by atoms with Crippen LogP contribution in [0.5, 0.6) is 0 Å². The summed E-state index contributed by atoms with van der Waals surface area (Å²) in [6.45, 7) is 2.20. The number of morpholine rings is 1.